The van der Waals surface area contributed by atoms with Gasteiger partial charge in [0, 0.05) is 11.5 Å². The third-order valence-corrected chi connectivity index (χ3v) is 1.08. The fraction of sp³-hybridized carbons (Fsp3) is 0.333. The van der Waals surface area contributed by atoms with E-state index in [1.807, 2.05) is 0 Å². The molecule has 1 heterocycles. The van der Waals surface area contributed by atoms with E-state index in [-0.39, 0.29) is 51.4 Å². The second kappa shape index (κ2) is 5.21. The maximum Gasteiger partial charge on any atom is 1.00 e. The smallest absolute Gasteiger partial charge is 0.448 e. The monoisotopic (exact) mass is 234 g/mol. The van der Waals surface area contributed by atoms with Crippen LogP contribution in [0, 0.1) is 10.1 Å². The van der Waals surface area contributed by atoms with Crippen molar-refractivity contribution in [2.75, 3.05) is 0 Å². The third kappa shape index (κ3) is 4.50. The van der Waals surface area contributed by atoms with Gasteiger partial charge >= 0.3 is 64.3 Å². The topological polar surface area (TPSA) is 73.8 Å². The quantitative estimate of drug-likeness (QED) is 0.331. The molecule has 0 saturated heterocycles. The first-order chi connectivity index (χ1) is 5.88. The zero-order valence-corrected chi connectivity index (χ0v) is 10.2. The Morgan fingerprint density at radius 1 is 1.57 bits per heavy atom. The number of hydrogen-bond acceptors (Lipinski definition) is 4. The molecule has 72 valence electrons. The summed E-state index contributed by atoms with van der Waals surface area (Å²) in [6.07, 6.45) is -0.645. The Hall–Kier alpha value is 0.0313. The number of aromatic nitrogens is 3. The first-order valence-electron chi connectivity index (χ1n) is 3.13. The Balaban J connectivity index is 0.00000169. The van der Waals surface area contributed by atoms with Crippen molar-refractivity contribution < 1.29 is 69.3 Å². The van der Waals surface area contributed by atoms with Gasteiger partial charge in [0.25, 0.3) is 0 Å². The molecule has 11 heteroatoms. The summed E-state index contributed by atoms with van der Waals surface area (Å²) in [5, 5.41) is 13.0. The molecule has 0 saturated carbocycles. The Kier molecular flexibility index (Phi) is 5.22. The van der Waals surface area contributed by atoms with Crippen molar-refractivity contribution >= 4 is 12.9 Å². The molecule has 0 bridgehead atoms. The molecule has 0 aliphatic carbocycles. The van der Waals surface area contributed by atoms with Crippen molar-refractivity contribution in [1.82, 2.24) is 14.8 Å². The molecule has 0 amide bonds. The van der Waals surface area contributed by atoms with E-state index in [0.717, 1.165) is 0 Å². The van der Waals surface area contributed by atoms with Crippen LogP contribution < -0.4 is 51.4 Å². The minimum absolute atomic E-state index is 0. The van der Waals surface area contributed by atoms with E-state index in [4.69, 9.17) is 0 Å². The number of hydrogen-bond donors (Lipinski definition) is 0. The van der Waals surface area contributed by atoms with Gasteiger partial charge in [0.05, 0.1) is 0 Å². The van der Waals surface area contributed by atoms with Crippen LogP contribution in [0.3, 0.4) is 0 Å². The summed E-state index contributed by atoms with van der Waals surface area (Å²) in [5.74, 6) is -0.833. The standard InChI is InChI=1S/C3H3BF3N4O2.K/c5-4(6,7)1-10-2-8-3(9-10)11(12)13;/h2H,1H2;/q-1;+1. The fourth-order valence-electron chi connectivity index (χ4n) is 0.669. The molecule has 0 spiro atoms. The van der Waals surface area contributed by atoms with Crippen LogP contribution in [0.5, 0.6) is 0 Å². The number of nitro groups is 1. The second-order valence-corrected chi connectivity index (χ2v) is 2.23. The molecule has 0 radical (unpaired) electrons. The van der Waals surface area contributed by atoms with Crippen LogP contribution in [-0.2, 0) is 6.44 Å². The molecule has 0 fully saturated rings. The van der Waals surface area contributed by atoms with Crippen molar-refractivity contribution in [3.63, 3.8) is 0 Å². The van der Waals surface area contributed by atoms with E-state index in [0.29, 0.717) is 11.0 Å². The first kappa shape index (κ1) is 14.0. The van der Waals surface area contributed by atoms with Gasteiger partial charge in [-0.25, -0.2) is 0 Å². The average Bonchev–Trinajstić information content (AvgIpc) is 2.31. The van der Waals surface area contributed by atoms with Crippen LogP contribution in [0.25, 0.3) is 0 Å². The zero-order valence-electron chi connectivity index (χ0n) is 7.10. The normalized spacial score (nSPS) is 10.8. The van der Waals surface area contributed by atoms with Crippen LogP contribution in [0.2, 0.25) is 0 Å². The summed E-state index contributed by atoms with van der Waals surface area (Å²) in [7, 11) is 0. The molecule has 0 N–H and O–H groups in total. The Bertz CT molecular complexity index is 328. The summed E-state index contributed by atoms with van der Waals surface area (Å²) < 4.78 is 35.7. The van der Waals surface area contributed by atoms with Crippen molar-refractivity contribution in [2.45, 2.75) is 6.44 Å². The third-order valence-electron chi connectivity index (χ3n) is 1.08. The van der Waals surface area contributed by atoms with E-state index >= 15 is 0 Å². The van der Waals surface area contributed by atoms with E-state index in [1.54, 1.807) is 0 Å². The molecule has 14 heavy (non-hydrogen) atoms. The molecule has 6 nitrogen and oxygen atoms in total. The van der Waals surface area contributed by atoms with Gasteiger partial charge in [-0.1, -0.05) is 4.98 Å². The molecule has 1 aromatic heterocycles. The molecular weight excluding hydrogens is 231 g/mol. The van der Waals surface area contributed by atoms with Gasteiger partial charge in [0.2, 0.25) is 6.33 Å². The Morgan fingerprint density at radius 3 is 2.50 bits per heavy atom. The maximum atomic E-state index is 11.8. The van der Waals surface area contributed by atoms with Gasteiger partial charge in [0.1, 0.15) is 0 Å². The number of nitrogens with zero attached hydrogens (tertiary/aromatic N) is 4. The van der Waals surface area contributed by atoms with Gasteiger partial charge in [-0.3, -0.25) is 0 Å². The van der Waals surface area contributed by atoms with Gasteiger partial charge < -0.3 is 23.1 Å². The van der Waals surface area contributed by atoms with E-state index in [9.17, 15) is 23.1 Å². The van der Waals surface area contributed by atoms with Gasteiger partial charge in [-0.05, 0) is 4.92 Å². The minimum atomic E-state index is -5.05. The van der Waals surface area contributed by atoms with Crippen molar-refractivity contribution in [1.29, 1.82) is 0 Å². The van der Waals surface area contributed by atoms with Crippen molar-refractivity contribution in [3.05, 3.63) is 16.4 Å². The van der Waals surface area contributed by atoms with Gasteiger partial charge in [-0.2, -0.15) is 4.68 Å². The number of rotatable bonds is 3. The molecule has 0 aromatic carbocycles. The second-order valence-electron chi connectivity index (χ2n) is 2.23. The Labute approximate surface area is 119 Å². The Morgan fingerprint density at radius 2 is 2.14 bits per heavy atom. The van der Waals surface area contributed by atoms with Crippen molar-refractivity contribution in [2.24, 2.45) is 0 Å². The van der Waals surface area contributed by atoms with Crippen LogP contribution in [-0.4, -0.2) is 26.7 Å². The molecule has 1 aromatic rings. The molecule has 0 aliphatic rings. The molecule has 1 rings (SSSR count). The molecule has 0 unspecified atom stereocenters. The zero-order chi connectivity index (χ0) is 10.1. The molecular formula is C3H3BF3KN4O2. The molecule has 0 aliphatic heterocycles. The predicted octanol–water partition coefficient (Wildman–Crippen LogP) is -2.42. The summed E-state index contributed by atoms with van der Waals surface area (Å²) >= 11 is 0. The van der Waals surface area contributed by atoms with Crippen LogP contribution in [0.4, 0.5) is 18.9 Å². The number of halogens is 3. The summed E-state index contributed by atoms with van der Waals surface area (Å²) in [4.78, 5) is 12.1. The van der Waals surface area contributed by atoms with E-state index in [1.165, 1.54) is 0 Å². The largest absolute Gasteiger partial charge is 1.00 e. The van der Waals surface area contributed by atoms with E-state index in [2.05, 4.69) is 10.1 Å². The van der Waals surface area contributed by atoms with Crippen molar-refractivity contribution in [3.8, 4) is 0 Å². The van der Waals surface area contributed by atoms with Gasteiger partial charge in [0.15, 0.2) is 0 Å². The SMILES string of the molecule is O=[N+]([O-])c1ncn(C[B-](F)(F)F)n1.[K+]. The van der Waals surface area contributed by atoms with Crippen LogP contribution in [0.15, 0.2) is 6.33 Å². The van der Waals surface area contributed by atoms with Crippen LogP contribution in [0.1, 0.15) is 0 Å². The maximum absolute atomic E-state index is 11.8. The fourth-order valence-corrected chi connectivity index (χ4v) is 0.669. The van der Waals surface area contributed by atoms with E-state index < -0.39 is 24.3 Å². The minimum Gasteiger partial charge on any atom is -0.448 e. The first-order valence-corrected chi connectivity index (χ1v) is 3.13. The summed E-state index contributed by atoms with van der Waals surface area (Å²) in [6.45, 7) is -5.05. The average molecular weight is 234 g/mol. The summed E-state index contributed by atoms with van der Waals surface area (Å²) in [6, 6.07) is 0. The van der Waals surface area contributed by atoms with Gasteiger partial charge in [-0.15, -0.1) is 0 Å². The van der Waals surface area contributed by atoms with Crippen LogP contribution >= 0.6 is 0 Å². The molecule has 0 atom stereocenters. The summed E-state index contributed by atoms with van der Waals surface area (Å²) in [5.41, 5.74) is 0. The predicted molar refractivity (Wildman–Crippen MR) is 35.8 cm³/mol.